The van der Waals surface area contributed by atoms with E-state index in [0.717, 1.165) is 22.2 Å². The van der Waals surface area contributed by atoms with Crippen LogP contribution >= 0.6 is 0 Å². The maximum atomic E-state index is 10.6. The number of rotatable bonds is 3. The molecule has 0 amide bonds. The van der Waals surface area contributed by atoms with E-state index in [1.807, 2.05) is 30.5 Å². The molecule has 2 aliphatic rings. The lowest BCUT2D eigenvalue weighted by Crippen LogP contribution is -2.39. The maximum Gasteiger partial charge on any atom is 0.208 e. The van der Waals surface area contributed by atoms with Crippen LogP contribution in [-0.4, -0.2) is 76.1 Å². The fourth-order valence-electron chi connectivity index (χ4n) is 3.67. The summed E-state index contributed by atoms with van der Waals surface area (Å²) in [5, 5.41) is 30.2. The Morgan fingerprint density at radius 1 is 1.12 bits per heavy atom. The molecule has 0 aliphatic carbocycles. The van der Waals surface area contributed by atoms with E-state index in [1.165, 1.54) is 0 Å². The van der Waals surface area contributed by atoms with Crippen LogP contribution in [0.15, 0.2) is 12.1 Å². The smallest absolute Gasteiger partial charge is 0.208 e. The number of aliphatic hydroxyl groups excluding tert-OH is 3. The van der Waals surface area contributed by atoms with Crippen molar-refractivity contribution < 1.29 is 24.8 Å². The summed E-state index contributed by atoms with van der Waals surface area (Å²) in [4.78, 5) is 6.89. The van der Waals surface area contributed by atoms with Gasteiger partial charge in [-0.2, -0.15) is 0 Å². The van der Waals surface area contributed by atoms with Crippen molar-refractivity contribution in [2.45, 2.75) is 38.4 Å². The van der Waals surface area contributed by atoms with Crippen LogP contribution in [0.3, 0.4) is 0 Å². The Morgan fingerprint density at radius 3 is 2.46 bits per heavy atom. The normalized spacial score (nSPS) is 29.7. The zero-order chi connectivity index (χ0) is 18.4. The number of nitrogens with zero attached hydrogens (tertiary/aromatic N) is 3. The standard InChI is InChI=1S/C18H25N3O5/c1-10-7-12-13(8-11(10)2)21(17-16(24)15(23)14(9-22)26-17)18(19-12)20-3-5-25-6-4-20/h7-8,14-17,22-24H,3-6,9H2,1-2H3/t14-,15+,16-,17+/m0/s1. The average molecular weight is 363 g/mol. The molecule has 0 saturated carbocycles. The summed E-state index contributed by atoms with van der Waals surface area (Å²) in [5.41, 5.74) is 3.90. The molecule has 1 aromatic carbocycles. The lowest BCUT2D eigenvalue weighted by Gasteiger charge is -2.30. The minimum Gasteiger partial charge on any atom is -0.394 e. The van der Waals surface area contributed by atoms with Gasteiger partial charge in [-0.05, 0) is 37.1 Å². The van der Waals surface area contributed by atoms with Gasteiger partial charge in [0.05, 0.1) is 30.9 Å². The molecule has 2 aliphatic heterocycles. The Kier molecular flexibility index (Phi) is 4.62. The number of anilines is 1. The second-order valence-corrected chi connectivity index (χ2v) is 7.04. The van der Waals surface area contributed by atoms with Crippen LogP contribution < -0.4 is 4.90 Å². The van der Waals surface area contributed by atoms with Crippen molar-refractivity contribution in [2.75, 3.05) is 37.8 Å². The van der Waals surface area contributed by atoms with Gasteiger partial charge in [-0.1, -0.05) is 0 Å². The molecule has 0 spiro atoms. The number of hydrogen-bond donors (Lipinski definition) is 3. The van der Waals surface area contributed by atoms with Gasteiger partial charge in [0.2, 0.25) is 5.95 Å². The minimum atomic E-state index is -1.15. The van der Waals surface area contributed by atoms with E-state index >= 15 is 0 Å². The molecule has 2 aromatic rings. The molecule has 0 unspecified atom stereocenters. The van der Waals surface area contributed by atoms with Gasteiger partial charge in [-0.3, -0.25) is 4.57 Å². The van der Waals surface area contributed by atoms with Gasteiger partial charge in [0.25, 0.3) is 0 Å². The summed E-state index contributed by atoms with van der Waals surface area (Å²) >= 11 is 0. The van der Waals surface area contributed by atoms with Crippen LogP contribution in [0.1, 0.15) is 17.4 Å². The van der Waals surface area contributed by atoms with Crippen LogP contribution in [-0.2, 0) is 9.47 Å². The molecular weight excluding hydrogens is 338 g/mol. The minimum absolute atomic E-state index is 0.355. The highest BCUT2D eigenvalue weighted by atomic mass is 16.6. The highest BCUT2D eigenvalue weighted by Crippen LogP contribution is 2.37. The van der Waals surface area contributed by atoms with Gasteiger partial charge in [0.1, 0.15) is 18.3 Å². The number of hydrogen-bond acceptors (Lipinski definition) is 7. The van der Waals surface area contributed by atoms with Crippen LogP contribution in [0.4, 0.5) is 5.95 Å². The molecule has 26 heavy (non-hydrogen) atoms. The van der Waals surface area contributed by atoms with Gasteiger partial charge in [0.15, 0.2) is 6.23 Å². The third-order valence-electron chi connectivity index (χ3n) is 5.35. The summed E-state index contributed by atoms with van der Waals surface area (Å²) < 4.78 is 13.1. The molecule has 3 heterocycles. The zero-order valence-corrected chi connectivity index (χ0v) is 15.0. The molecule has 2 saturated heterocycles. The molecular formula is C18H25N3O5. The summed E-state index contributed by atoms with van der Waals surface area (Å²) in [6, 6.07) is 4.04. The van der Waals surface area contributed by atoms with Crippen molar-refractivity contribution in [1.82, 2.24) is 9.55 Å². The second-order valence-electron chi connectivity index (χ2n) is 7.04. The Labute approximate surface area is 151 Å². The lowest BCUT2D eigenvalue weighted by molar-refractivity contribution is -0.0504. The predicted molar refractivity (Wildman–Crippen MR) is 95.2 cm³/mol. The second kappa shape index (κ2) is 6.79. The van der Waals surface area contributed by atoms with Gasteiger partial charge < -0.3 is 29.7 Å². The SMILES string of the molecule is Cc1cc2nc(N3CCOCC3)n([C@@H]3O[C@@H](CO)[C@@H](O)[C@@H]3O)c2cc1C. The Bertz CT molecular complexity index is 802. The number of fused-ring (bicyclic) bond motifs is 1. The maximum absolute atomic E-state index is 10.6. The number of aromatic nitrogens is 2. The zero-order valence-electron chi connectivity index (χ0n) is 15.0. The van der Waals surface area contributed by atoms with Crippen LogP contribution in [0, 0.1) is 13.8 Å². The average Bonchev–Trinajstić information content (AvgIpc) is 3.14. The number of aryl methyl sites for hydroxylation is 2. The fraction of sp³-hybridized carbons (Fsp3) is 0.611. The predicted octanol–water partition coefficient (Wildman–Crippen LogP) is 0.101. The Morgan fingerprint density at radius 2 is 1.81 bits per heavy atom. The van der Waals surface area contributed by atoms with E-state index in [0.29, 0.717) is 32.3 Å². The van der Waals surface area contributed by atoms with Gasteiger partial charge in [-0.25, -0.2) is 4.98 Å². The molecule has 0 radical (unpaired) electrons. The molecule has 4 atom stereocenters. The van der Waals surface area contributed by atoms with Crippen LogP contribution in [0.2, 0.25) is 0 Å². The first-order chi connectivity index (χ1) is 12.5. The third kappa shape index (κ3) is 2.78. The van der Waals surface area contributed by atoms with Crippen molar-refractivity contribution in [3.8, 4) is 0 Å². The van der Waals surface area contributed by atoms with E-state index in [4.69, 9.17) is 14.5 Å². The van der Waals surface area contributed by atoms with E-state index in [9.17, 15) is 15.3 Å². The van der Waals surface area contributed by atoms with Crippen LogP contribution in [0.5, 0.6) is 0 Å². The molecule has 142 valence electrons. The summed E-state index contributed by atoms with van der Waals surface area (Å²) in [6.45, 7) is 6.31. The van der Waals surface area contributed by atoms with E-state index in [-0.39, 0.29) is 6.61 Å². The Balaban J connectivity index is 1.86. The molecule has 0 bridgehead atoms. The molecule has 3 N–H and O–H groups in total. The summed E-state index contributed by atoms with van der Waals surface area (Å²) in [6.07, 6.45) is -3.93. The van der Waals surface area contributed by atoms with Gasteiger partial charge in [-0.15, -0.1) is 0 Å². The van der Waals surface area contributed by atoms with Crippen molar-refractivity contribution in [2.24, 2.45) is 0 Å². The molecule has 1 aromatic heterocycles. The monoisotopic (exact) mass is 363 g/mol. The largest absolute Gasteiger partial charge is 0.394 e. The van der Waals surface area contributed by atoms with Crippen molar-refractivity contribution in [1.29, 1.82) is 0 Å². The number of aliphatic hydroxyl groups is 3. The van der Waals surface area contributed by atoms with Gasteiger partial charge in [0, 0.05) is 13.1 Å². The van der Waals surface area contributed by atoms with Crippen LogP contribution in [0.25, 0.3) is 11.0 Å². The lowest BCUT2D eigenvalue weighted by atomic mass is 10.1. The highest BCUT2D eigenvalue weighted by Gasteiger charge is 2.45. The van der Waals surface area contributed by atoms with Gasteiger partial charge >= 0.3 is 0 Å². The van der Waals surface area contributed by atoms with Crippen molar-refractivity contribution in [3.05, 3.63) is 23.3 Å². The summed E-state index contributed by atoms with van der Waals surface area (Å²) in [7, 11) is 0. The molecule has 8 heteroatoms. The number of morpholine rings is 1. The van der Waals surface area contributed by atoms with Crippen molar-refractivity contribution >= 4 is 17.0 Å². The van der Waals surface area contributed by atoms with Crippen molar-refractivity contribution in [3.63, 3.8) is 0 Å². The van der Waals surface area contributed by atoms with E-state index < -0.39 is 24.5 Å². The molecule has 4 rings (SSSR count). The van der Waals surface area contributed by atoms with E-state index in [1.54, 1.807) is 0 Å². The highest BCUT2D eigenvalue weighted by molar-refractivity contribution is 5.81. The first kappa shape index (κ1) is 17.7. The quantitative estimate of drug-likeness (QED) is 0.711. The summed E-state index contributed by atoms with van der Waals surface area (Å²) in [5.74, 6) is 0.683. The Hall–Kier alpha value is -1.71. The molecule has 2 fully saturated rings. The third-order valence-corrected chi connectivity index (χ3v) is 5.35. The fourth-order valence-corrected chi connectivity index (χ4v) is 3.67. The first-order valence-corrected chi connectivity index (χ1v) is 8.95. The number of benzene rings is 1. The number of ether oxygens (including phenoxy) is 2. The topological polar surface area (TPSA) is 100 Å². The van der Waals surface area contributed by atoms with E-state index in [2.05, 4.69) is 4.90 Å². The molecule has 8 nitrogen and oxygen atoms in total. The first-order valence-electron chi connectivity index (χ1n) is 8.95. The number of imidazole rings is 1.